The van der Waals surface area contributed by atoms with Gasteiger partial charge in [0, 0.05) is 5.57 Å². The molecular formula is C17H26O. The SMILES string of the molecule is C=C/C=C(\C1=C(C=C)CCCO1)C(C)(C)CCC. The molecule has 0 saturated carbocycles. The summed E-state index contributed by atoms with van der Waals surface area (Å²) in [6, 6.07) is 0. The largest absolute Gasteiger partial charge is 0.493 e. The summed E-state index contributed by atoms with van der Waals surface area (Å²) in [6.07, 6.45) is 10.4. The van der Waals surface area contributed by atoms with Crippen LogP contribution in [-0.4, -0.2) is 6.61 Å². The van der Waals surface area contributed by atoms with E-state index in [0.717, 1.165) is 38.0 Å². The van der Waals surface area contributed by atoms with Crippen LogP contribution in [0.4, 0.5) is 0 Å². The third-order valence-electron chi connectivity index (χ3n) is 3.51. The molecule has 0 aromatic heterocycles. The lowest BCUT2D eigenvalue weighted by Gasteiger charge is -2.32. The molecule has 0 aromatic carbocycles. The highest BCUT2D eigenvalue weighted by Crippen LogP contribution is 2.40. The molecule has 1 aliphatic heterocycles. The van der Waals surface area contributed by atoms with Crippen LogP contribution in [0.1, 0.15) is 46.5 Å². The molecule has 18 heavy (non-hydrogen) atoms. The highest BCUT2D eigenvalue weighted by atomic mass is 16.5. The molecule has 0 saturated heterocycles. The van der Waals surface area contributed by atoms with Gasteiger partial charge in [0.2, 0.25) is 0 Å². The normalized spacial score (nSPS) is 17.4. The maximum atomic E-state index is 5.92. The van der Waals surface area contributed by atoms with E-state index in [9.17, 15) is 0 Å². The van der Waals surface area contributed by atoms with Gasteiger partial charge >= 0.3 is 0 Å². The fourth-order valence-corrected chi connectivity index (χ4v) is 2.57. The van der Waals surface area contributed by atoms with E-state index in [1.54, 1.807) is 0 Å². The van der Waals surface area contributed by atoms with Crippen LogP contribution in [0, 0.1) is 5.41 Å². The molecule has 1 rings (SSSR count). The van der Waals surface area contributed by atoms with Gasteiger partial charge in [0.25, 0.3) is 0 Å². The molecular weight excluding hydrogens is 220 g/mol. The first kappa shape index (κ1) is 14.8. The Labute approximate surface area is 112 Å². The molecule has 0 bridgehead atoms. The molecule has 0 atom stereocenters. The Morgan fingerprint density at radius 3 is 2.67 bits per heavy atom. The van der Waals surface area contributed by atoms with E-state index < -0.39 is 0 Å². The van der Waals surface area contributed by atoms with Gasteiger partial charge in [0.1, 0.15) is 5.76 Å². The van der Waals surface area contributed by atoms with Crippen LogP contribution >= 0.6 is 0 Å². The van der Waals surface area contributed by atoms with Gasteiger partial charge in [-0.25, -0.2) is 0 Å². The van der Waals surface area contributed by atoms with Crippen molar-refractivity contribution in [2.45, 2.75) is 46.5 Å². The number of allylic oxidation sites excluding steroid dienone is 5. The van der Waals surface area contributed by atoms with E-state index in [0.29, 0.717) is 0 Å². The van der Waals surface area contributed by atoms with E-state index in [2.05, 4.69) is 40.0 Å². The van der Waals surface area contributed by atoms with Crippen LogP contribution in [0.2, 0.25) is 0 Å². The Kier molecular flexibility index (Phi) is 5.46. The minimum Gasteiger partial charge on any atom is -0.493 e. The lowest BCUT2D eigenvalue weighted by Crippen LogP contribution is -2.20. The summed E-state index contributed by atoms with van der Waals surface area (Å²) < 4.78 is 5.92. The Bertz CT molecular complexity index is 369. The second-order valence-electron chi connectivity index (χ2n) is 5.46. The summed E-state index contributed by atoms with van der Waals surface area (Å²) in [5.41, 5.74) is 2.61. The second kappa shape index (κ2) is 6.63. The van der Waals surface area contributed by atoms with Crippen LogP contribution in [0.5, 0.6) is 0 Å². The summed E-state index contributed by atoms with van der Waals surface area (Å²) in [7, 11) is 0. The van der Waals surface area contributed by atoms with Crippen LogP contribution in [0.15, 0.2) is 48.3 Å². The first-order valence-corrected chi connectivity index (χ1v) is 6.88. The zero-order chi connectivity index (χ0) is 13.6. The summed E-state index contributed by atoms with van der Waals surface area (Å²) in [6.45, 7) is 15.3. The Morgan fingerprint density at radius 1 is 1.39 bits per heavy atom. The van der Waals surface area contributed by atoms with Crippen molar-refractivity contribution in [1.29, 1.82) is 0 Å². The van der Waals surface area contributed by atoms with Crippen molar-refractivity contribution in [3.8, 4) is 0 Å². The third kappa shape index (κ3) is 3.38. The van der Waals surface area contributed by atoms with E-state index in [4.69, 9.17) is 4.74 Å². The average molecular weight is 246 g/mol. The van der Waals surface area contributed by atoms with Gasteiger partial charge in [0.15, 0.2) is 0 Å². The lowest BCUT2D eigenvalue weighted by molar-refractivity contribution is 0.184. The smallest absolute Gasteiger partial charge is 0.126 e. The number of rotatable bonds is 6. The number of hydrogen-bond donors (Lipinski definition) is 0. The van der Waals surface area contributed by atoms with E-state index >= 15 is 0 Å². The molecule has 0 N–H and O–H groups in total. The Balaban J connectivity index is 3.20. The molecule has 100 valence electrons. The van der Waals surface area contributed by atoms with E-state index in [-0.39, 0.29) is 5.41 Å². The lowest BCUT2D eigenvalue weighted by atomic mass is 9.77. The maximum Gasteiger partial charge on any atom is 0.126 e. The van der Waals surface area contributed by atoms with E-state index in [1.807, 2.05) is 12.2 Å². The van der Waals surface area contributed by atoms with Crippen LogP contribution in [0.3, 0.4) is 0 Å². The fraction of sp³-hybridized carbons (Fsp3) is 0.529. The molecule has 0 radical (unpaired) electrons. The average Bonchev–Trinajstić information content (AvgIpc) is 2.35. The monoisotopic (exact) mass is 246 g/mol. The molecule has 0 aliphatic carbocycles. The molecule has 0 spiro atoms. The Morgan fingerprint density at radius 2 is 2.11 bits per heavy atom. The third-order valence-corrected chi connectivity index (χ3v) is 3.51. The number of hydrogen-bond acceptors (Lipinski definition) is 1. The molecule has 1 nitrogen and oxygen atoms in total. The van der Waals surface area contributed by atoms with Gasteiger partial charge in [-0.3, -0.25) is 0 Å². The van der Waals surface area contributed by atoms with Gasteiger partial charge in [0.05, 0.1) is 6.61 Å². The van der Waals surface area contributed by atoms with Gasteiger partial charge < -0.3 is 4.74 Å². The zero-order valence-corrected chi connectivity index (χ0v) is 12.1. The fourth-order valence-electron chi connectivity index (χ4n) is 2.57. The first-order valence-electron chi connectivity index (χ1n) is 6.88. The minimum absolute atomic E-state index is 0.115. The van der Waals surface area contributed by atoms with E-state index in [1.165, 1.54) is 11.1 Å². The maximum absolute atomic E-state index is 5.92. The van der Waals surface area contributed by atoms with Crippen molar-refractivity contribution in [3.63, 3.8) is 0 Å². The van der Waals surface area contributed by atoms with Crippen LogP contribution in [0.25, 0.3) is 0 Å². The van der Waals surface area contributed by atoms with Crippen molar-refractivity contribution in [2.24, 2.45) is 5.41 Å². The summed E-state index contributed by atoms with van der Waals surface area (Å²) in [5, 5.41) is 0. The molecule has 0 aromatic rings. The van der Waals surface area contributed by atoms with Crippen molar-refractivity contribution < 1.29 is 4.74 Å². The molecule has 1 heterocycles. The number of ether oxygens (including phenoxy) is 1. The summed E-state index contributed by atoms with van der Waals surface area (Å²) in [5.74, 6) is 1.04. The van der Waals surface area contributed by atoms with Crippen molar-refractivity contribution in [1.82, 2.24) is 0 Å². The first-order chi connectivity index (χ1) is 8.56. The predicted octanol–water partition coefficient (Wildman–Crippen LogP) is 5.18. The molecule has 0 unspecified atom stereocenters. The standard InChI is InChI=1S/C17H26O/c1-6-10-15(17(4,5)12-7-2)16-14(8-3)11-9-13-18-16/h6,8,10H,1,3,7,9,11-13H2,2,4-5H3/b15-10+. The quantitative estimate of drug-likeness (QED) is 0.587. The molecule has 0 fully saturated rings. The van der Waals surface area contributed by atoms with Crippen molar-refractivity contribution in [2.75, 3.05) is 6.61 Å². The minimum atomic E-state index is 0.115. The second-order valence-corrected chi connectivity index (χ2v) is 5.46. The topological polar surface area (TPSA) is 9.23 Å². The molecule has 0 amide bonds. The van der Waals surface area contributed by atoms with Crippen molar-refractivity contribution in [3.05, 3.63) is 48.3 Å². The molecule has 1 aliphatic rings. The molecule has 1 heteroatoms. The van der Waals surface area contributed by atoms with Gasteiger partial charge in [-0.05, 0) is 30.3 Å². The van der Waals surface area contributed by atoms with Crippen LogP contribution < -0.4 is 0 Å². The Hall–Kier alpha value is -1.24. The highest BCUT2D eigenvalue weighted by Gasteiger charge is 2.28. The predicted molar refractivity (Wildman–Crippen MR) is 79.4 cm³/mol. The van der Waals surface area contributed by atoms with Gasteiger partial charge in [-0.2, -0.15) is 0 Å². The van der Waals surface area contributed by atoms with Gasteiger partial charge in [-0.1, -0.05) is 58.6 Å². The van der Waals surface area contributed by atoms with Gasteiger partial charge in [-0.15, -0.1) is 0 Å². The van der Waals surface area contributed by atoms with Crippen molar-refractivity contribution >= 4 is 0 Å². The summed E-state index contributed by atoms with van der Waals surface area (Å²) in [4.78, 5) is 0. The zero-order valence-electron chi connectivity index (χ0n) is 12.1. The van der Waals surface area contributed by atoms with Crippen LogP contribution in [-0.2, 0) is 4.74 Å². The highest BCUT2D eigenvalue weighted by molar-refractivity contribution is 5.41. The summed E-state index contributed by atoms with van der Waals surface area (Å²) >= 11 is 0.